The maximum Gasteiger partial charge on any atom is 0.310 e. The van der Waals surface area contributed by atoms with Crippen molar-refractivity contribution in [2.45, 2.75) is 6.61 Å². The van der Waals surface area contributed by atoms with Gasteiger partial charge < -0.3 is 24.8 Å². The molecule has 2 N–H and O–H groups in total. The SMILES string of the molecule is COc1cc2c(cc1OCc1ccccn1)Nc1cc(-c3ccc([N+](=O)[O-])c(OC)c3)ccc1C(=O)N2. The number of pyridine rings is 1. The van der Waals surface area contributed by atoms with Gasteiger partial charge in [0.15, 0.2) is 17.2 Å². The summed E-state index contributed by atoms with van der Waals surface area (Å²) in [6.07, 6.45) is 1.69. The fourth-order valence-electron chi connectivity index (χ4n) is 4.04. The van der Waals surface area contributed by atoms with Crippen molar-refractivity contribution in [1.82, 2.24) is 4.98 Å². The standard InChI is InChI=1S/C27H22N4O6/c1-35-24-12-17(7-9-23(24)31(33)34)16-6-8-19-20(11-16)29-21-14-26(37-15-18-5-3-4-10-28-18)25(36-2)13-22(21)30-27(19)32/h3-14,29H,15H2,1-2H3,(H,30,32). The fraction of sp³-hybridized carbons (Fsp3) is 0.111. The first kappa shape index (κ1) is 23.6. The van der Waals surface area contributed by atoms with Gasteiger partial charge in [-0.1, -0.05) is 12.1 Å². The van der Waals surface area contributed by atoms with Gasteiger partial charge in [0.05, 0.1) is 47.5 Å². The summed E-state index contributed by atoms with van der Waals surface area (Å²) in [5.41, 5.74) is 4.22. The van der Waals surface area contributed by atoms with Gasteiger partial charge in [-0.2, -0.15) is 0 Å². The van der Waals surface area contributed by atoms with E-state index in [2.05, 4.69) is 15.6 Å². The zero-order valence-corrected chi connectivity index (χ0v) is 20.0. The molecule has 37 heavy (non-hydrogen) atoms. The summed E-state index contributed by atoms with van der Waals surface area (Å²) in [4.78, 5) is 28.0. The van der Waals surface area contributed by atoms with Crippen molar-refractivity contribution in [2.75, 3.05) is 24.9 Å². The number of carbonyl (C=O) groups is 1. The summed E-state index contributed by atoms with van der Waals surface area (Å²) >= 11 is 0. The number of hydrogen-bond donors (Lipinski definition) is 2. The van der Waals surface area contributed by atoms with Crippen LogP contribution >= 0.6 is 0 Å². The van der Waals surface area contributed by atoms with Crippen LogP contribution in [-0.2, 0) is 6.61 Å². The number of fused-ring (bicyclic) bond motifs is 2. The van der Waals surface area contributed by atoms with E-state index in [4.69, 9.17) is 14.2 Å². The third-order valence-electron chi connectivity index (χ3n) is 5.90. The smallest absolute Gasteiger partial charge is 0.310 e. The van der Waals surface area contributed by atoms with Crippen molar-refractivity contribution in [3.05, 3.63) is 94.3 Å². The first-order valence-electron chi connectivity index (χ1n) is 11.3. The van der Waals surface area contributed by atoms with Crippen molar-refractivity contribution in [3.63, 3.8) is 0 Å². The lowest BCUT2D eigenvalue weighted by molar-refractivity contribution is -0.385. The number of amides is 1. The van der Waals surface area contributed by atoms with E-state index in [1.54, 1.807) is 42.6 Å². The molecule has 5 rings (SSSR count). The number of nitrogens with zero attached hydrogens (tertiary/aromatic N) is 2. The van der Waals surface area contributed by atoms with Gasteiger partial charge >= 0.3 is 5.69 Å². The molecule has 1 aliphatic rings. The van der Waals surface area contributed by atoms with Crippen molar-refractivity contribution >= 4 is 28.7 Å². The van der Waals surface area contributed by atoms with E-state index in [0.717, 1.165) is 11.3 Å². The molecule has 3 aromatic carbocycles. The van der Waals surface area contributed by atoms with Crippen LogP contribution in [0.3, 0.4) is 0 Å². The molecular weight excluding hydrogens is 476 g/mol. The minimum atomic E-state index is -0.496. The molecule has 0 atom stereocenters. The van der Waals surface area contributed by atoms with E-state index in [1.165, 1.54) is 20.3 Å². The zero-order valence-electron chi connectivity index (χ0n) is 20.0. The van der Waals surface area contributed by atoms with E-state index >= 15 is 0 Å². The third-order valence-corrected chi connectivity index (χ3v) is 5.90. The van der Waals surface area contributed by atoms with Crippen molar-refractivity contribution in [3.8, 4) is 28.4 Å². The molecule has 0 spiro atoms. The fourth-order valence-corrected chi connectivity index (χ4v) is 4.04. The molecule has 0 saturated carbocycles. The summed E-state index contributed by atoms with van der Waals surface area (Å²) in [5, 5.41) is 17.5. The normalized spacial score (nSPS) is 11.8. The Labute approximate surface area is 212 Å². The summed E-state index contributed by atoms with van der Waals surface area (Å²) in [7, 11) is 2.91. The number of rotatable bonds is 7. The average molecular weight is 498 g/mol. The summed E-state index contributed by atoms with van der Waals surface area (Å²) in [6.45, 7) is 0.241. The van der Waals surface area contributed by atoms with Gasteiger partial charge in [0.25, 0.3) is 5.91 Å². The Kier molecular flexibility index (Phi) is 6.29. The number of aromatic nitrogens is 1. The first-order chi connectivity index (χ1) is 18.0. The summed E-state index contributed by atoms with van der Waals surface area (Å²) in [5.74, 6) is 0.795. The van der Waals surface area contributed by atoms with Crippen molar-refractivity contribution in [2.24, 2.45) is 0 Å². The van der Waals surface area contributed by atoms with E-state index in [-0.39, 0.29) is 24.0 Å². The average Bonchev–Trinajstić information content (AvgIpc) is 3.06. The van der Waals surface area contributed by atoms with Crippen LogP contribution in [0.4, 0.5) is 22.7 Å². The number of carbonyl (C=O) groups excluding carboxylic acids is 1. The second-order valence-corrected chi connectivity index (χ2v) is 8.14. The highest BCUT2D eigenvalue weighted by molar-refractivity contribution is 6.12. The lowest BCUT2D eigenvalue weighted by atomic mass is 10.0. The van der Waals surface area contributed by atoms with Gasteiger partial charge in [-0.15, -0.1) is 0 Å². The predicted octanol–water partition coefficient (Wildman–Crippen LogP) is 5.56. The topological polar surface area (TPSA) is 125 Å². The summed E-state index contributed by atoms with van der Waals surface area (Å²) in [6, 6.07) is 18.9. The van der Waals surface area contributed by atoms with Gasteiger partial charge in [-0.25, -0.2) is 0 Å². The zero-order chi connectivity index (χ0) is 25.9. The lowest BCUT2D eigenvalue weighted by Crippen LogP contribution is -2.11. The Morgan fingerprint density at radius 1 is 0.838 bits per heavy atom. The maximum atomic E-state index is 13.0. The van der Waals surface area contributed by atoms with Gasteiger partial charge in [-0.05, 0) is 47.5 Å². The molecule has 0 aliphatic carbocycles. The Morgan fingerprint density at radius 3 is 2.30 bits per heavy atom. The molecular formula is C27H22N4O6. The number of ether oxygens (including phenoxy) is 3. The number of nitro benzene ring substituents is 1. The molecule has 0 bridgehead atoms. The molecule has 1 aromatic heterocycles. The van der Waals surface area contributed by atoms with E-state index in [0.29, 0.717) is 39.7 Å². The van der Waals surface area contributed by atoms with Crippen LogP contribution in [0.2, 0.25) is 0 Å². The van der Waals surface area contributed by atoms with Crippen molar-refractivity contribution in [1.29, 1.82) is 0 Å². The number of anilines is 3. The van der Waals surface area contributed by atoms with Crippen LogP contribution in [0, 0.1) is 10.1 Å². The summed E-state index contributed by atoms with van der Waals surface area (Å²) < 4.78 is 16.7. The first-order valence-corrected chi connectivity index (χ1v) is 11.3. The molecule has 10 nitrogen and oxygen atoms in total. The molecule has 10 heteroatoms. The molecule has 2 heterocycles. The number of nitro groups is 1. The predicted molar refractivity (Wildman–Crippen MR) is 138 cm³/mol. The van der Waals surface area contributed by atoms with Crippen LogP contribution in [0.1, 0.15) is 16.1 Å². The molecule has 186 valence electrons. The molecule has 1 amide bonds. The second kappa shape index (κ2) is 9.86. The second-order valence-electron chi connectivity index (χ2n) is 8.14. The Hall–Kier alpha value is -5.12. The molecule has 0 unspecified atom stereocenters. The van der Waals surface area contributed by atoms with Crippen LogP contribution < -0.4 is 24.8 Å². The van der Waals surface area contributed by atoms with Crippen LogP contribution in [-0.4, -0.2) is 30.0 Å². The van der Waals surface area contributed by atoms with E-state index < -0.39 is 4.92 Å². The molecule has 0 saturated heterocycles. The monoisotopic (exact) mass is 498 g/mol. The molecule has 0 fully saturated rings. The van der Waals surface area contributed by atoms with Gasteiger partial charge in [0.2, 0.25) is 0 Å². The van der Waals surface area contributed by atoms with Gasteiger partial charge in [0.1, 0.15) is 6.61 Å². The minimum absolute atomic E-state index is 0.125. The highest BCUT2D eigenvalue weighted by atomic mass is 16.6. The molecule has 4 aromatic rings. The Bertz CT molecular complexity index is 1510. The Balaban J connectivity index is 1.50. The Morgan fingerprint density at radius 2 is 1.57 bits per heavy atom. The number of hydrogen-bond acceptors (Lipinski definition) is 8. The molecule has 1 aliphatic heterocycles. The van der Waals surface area contributed by atoms with Crippen LogP contribution in [0.5, 0.6) is 17.2 Å². The highest BCUT2D eigenvalue weighted by Gasteiger charge is 2.23. The molecule has 0 radical (unpaired) electrons. The van der Waals surface area contributed by atoms with Gasteiger partial charge in [-0.3, -0.25) is 19.9 Å². The van der Waals surface area contributed by atoms with E-state index in [9.17, 15) is 14.9 Å². The maximum absolute atomic E-state index is 13.0. The highest BCUT2D eigenvalue weighted by Crippen LogP contribution is 2.42. The van der Waals surface area contributed by atoms with Crippen LogP contribution in [0.25, 0.3) is 11.1 Å². The minimum Gasteiger partial charge on any atom is -0.493 e. The lowest BCUT2D eigenvalue weighted by Gasteiger charge is -2.16. The van der Waals surface area contributed by atoms with E-state index in [1.807, 2.05) is 24.3 Å². The van der Waals surface area contributed by atoms with Gasteiger partial charge in [0, 0.05) is 24.4 Å². The number of nitrogens with one attached hydrogen (secondary N) is 2. The largest absolute Gasteiger partial charge is 0.493 e. The number of benzene rings is 3. The third kappa shape index (κ3) is 4.72. The quantitative estimate of drug-likeness (QED) is 0.251. The van der Waals surface area contributed by atoms with Crippen LogP contribution in [0.15, 0.2) is 72.9 Å². The van der Waals surface area contributed by atoms with Crippen molar-refractivity contribution < 1.29 is 23.9 Å². The number of methoxy groups -OCH3 is 2.